The zero-order valence-electron chi connectivity index (χ0n) is 11.0. The number of alkyl carbamates (subject to hydrolysis) is 1. The van der Waals surface area contributed by atoms with E-state index in [0.29, 0.717) is 0 Å². The Bertz CT molecular complexity index is 359. The first-order chi connectivity index (χ1) is 8.31. The normalized spacial score (nSPS) is 18.7. The van der Waals surface area contributed by atoms with Crippen molar-refractivity contribution in [3.05, 3.63) is 0 Å². The smallest absolute Gasteiger partial charge is 0.408 e. The number of esters is 1. The minimum absolute atomic E-state index is 0.0857. The van der Waals surface area contributed by atoms with E-state index < -0.39 is 23.7 Å². The average Bonchev–Trinajstić information content (AvgIpc) is 2.71. The van der Waals surface area contributed by atoms with Crippen LogP contribution in [-0.2, 0) is 19.0 Å². The fourth-order valence-corrected chi connectivity index (χ4v) is 1.24. The molecule has 0 aromatic carbocycles. The lowest BCUT2D eigenvalue weighted by molar-refractivity contribution is -0.142. The van der Waals surface area contributed by atoms with Crippen LogP contribution in [0.15, 0.2) is 4.99 Å². The first-order valence-corrected chi connectivity index (χ1v) is 5.56. The highest BCUT2D eigenvalue weighted by Gasteiger charge is 2.26. The third kappa shape index (κ3) is 4.60. The standard InChI is InChI=1S/C11H18N2O5/c1-11(2,3)18-10(15)12-5-8-13-7(6-17-8)9(14)16-4/h7H,5-6H2,1-4H3,(H,12,15)/t7-/m0/s1. The number of nitrogens with zero attached hydrogens (tertiary/aromatic N) is 1. The van der Waals surface area contributed by atoms with Crippen molar-refractivity contribution >= 4 is 18.0 Å². The minimum atomic E-state index is -0.648. The predicted octanol–water partition coefficient (Wildman–Crippen LogP) is 0.481. The van der Waals surface area contributed by atoms with E-state index >= 15 is 0 Å². The summed E-state index contributed by atoms with van der Waals surface area (Å²) >= 11 is 0. The van der Waals surface area contributed by atoms with Gasteiger partial charge in [0.25, 0.3) is 0 Å². The number of hydrogen-bond acceptors (Lipinski definition) is 6. The summed E-state index contributed by atoms with van der Waals surface area (Å²) in [5.41, 5.74) is -0.559. The van der Waals surface area contributed by atoms with Gasteiger partial charge >= 0.3 is 12.1 Å². The molecule has 7 heteroatoms. The molecule has 1 aliphatic heterocycles. The Morgan fingerprint density at radius 2 is 2.17 bits per heavy atom. The topological polar surface area (TPSA) is 86.2 Å². The highest BCUT2D eigenvalue weighted by atomic mass is 16.6. The molecule has 102 valence electrons. The Labute approximate surface area is 105 Å². The van der Waals surface area contributed by atoms with E-state index in [9.17, 15) is 9.59 Å². The average molecular weight is 258 g/mol. The van der Waals surface area contributed by atoms with Gasteiger partial charge in [-0.15, -0.1) is 0 Å². The summed E-state index contributed by atoms with van der Waals surface area (Å²) < 4.78 is 14.7. The van der Waals surface area contributed by atoms with Gasteiger partial charge in [-0.3, -0.25) is 0 Å². The van der Waals surface area contributed by atoms with E-state index in [4.69, 9.17) is 9.47 Å². The fourth-order valence-electron chi connectivity index (χ4n) is 1.24. The number of methoxy groups -OCH3 is 1. The molecular weight excluding hydrogens is 240 g/mol. The van der Waals surface area contributed by atoms with Crippen LogP contribution < -0.4 is 5.32 Å². The second-order valence-corrected chi connectivity index (χ2v) is 4.73. The first-order valence-electron chi connectivity index (χ1n) is 5.56. The summed E-state index contributed by atoms with van der Waals surface area (Å²) in [4.78, 5) is 26.5. The zero-order chi connectivity index (χ0) is 13.8. The molecule has 18 heavy (non-hydrogen) atoms. The monoisotopic (exact) mass is 258 g/mol. The minimum Gasteiger partial charge on any atom is -0.477 e. The molecule has 1 aliphatic rings. The molecule has 0 radical (unpaired) electrons. The summed E-state index contributed by atoms with van der Waals surface area (Å²) in [5, 5.41) is 2.49. The van der Waals surface area contributed by atoms with E-state index in [1.54, 1.807) is 20.8 Å². The van der Waals surface area contributed by atoms with E-state index in [0.717, 1.165) is 0 Å². The molecule has 1 amide bonds. The van der Waals surface area contributed by atoms with Crippen LogP contribution in [0.1, 0.15) is 20.8 Å². The number of aliphatic imine (C=N–C) groups is 1. The Balaban J connectivity index is 2.37. The van der Waals surface area contributed by atoms with E-state index in [2.05, 4.69) is 15.0 Å². The van der Waals surface area contributed by atoms with Gasteiger partial charge in [-0.25, -0.2) is 14.6 Å². The maximum atomic E-state index is 11.4. The van der Waals surface area contributed by atoms with E-state index in [-0.39, 0.29) is 19.0 Å². The summed E-state index contributed by atoms with van der Waals surface area (Å²) in [6, 6.07) is -0.648. The SMILES string of the molecule is COC(=O)[C@@H]1COC(CNC(=O)OC(C)(C)C)=N1. The van der Waals surface area contributed by atoms with Gasteiger partial charge in [-0.05, 0) is 20.8 Å². The lowest BCUT2D eigenvalue weighted by Crippen LogP contribution is -2.35. The van der Waals surface area contributed by atoms with Gasteiger partial charge in [0, 0.05) is 0 Å². The Morgan fingerprint density at radius 1 is 1.50 bits per heavy atom. The van der Waals surface area contributed by atoms with Crippen LogP contribution in [0.2, 0.25) is 0 Å². The molecule has 1 N–H and O–H groups in total. The predicted molar refractivity (Wildman–Crippen MR) is 63.4 cm³/mol. The lowest BCUT2D eigenvalue weighted by atomic mass is 10.2. The first kappa shape index (κ1) is 14.3. The van der Waals surface area contributed by atoms with Gasteiger partial charge in [0.1, 0.15) is 12.2 Å². The summed E-state index contributed by atoms with van der Waals surface area (Å²) in [7, 11) is 1.29. The van der Waals surface area contributed by atoms with Crippen LogP contribution in [0.4, 0.5) is 4.79 Å². The van der Waals surface area contributed by atoms with E-state index in [1.165, 1.54) is 7.11 Å². The molecule has 0 saturated heterocycles. The van der Waals surface area contributed by atoms with Crippen LogP contribution in [0.25, 0.3) is 0 Å². The fraction of sp³-hybridized carbons (Fsp3) is 0.727. The molecule has 0 unspecified atom stereocenters. The van der Waals surface area contributed by atoms with Crippen LogP contribution in [0.3, 0.4) is 0 Å². The largest absolute Gasteiger partial charge is 0.477 e. The second-order valence-electron chi connectivity index (χ2n) is 4.73. The third-order valence-corrected chi connectivity index (χ3v) is 1.96. The maximum absolute atomic E-state index is 11.4. The van der Waals surface area contributed by atoms with Crippen molar-refractivity contribution in [2.24, 2.45) is 4.99 Å². The molecule has 0 aliphatic carbocycles. The van der Waals surface area contributed by atoms with Gasteiger partial charge in [-0.1, -0.05) is 0 Å². The number of ether oxygens (including phenoxy) is 3. The van der Waals surface area contributed by atoms with Gasteiger partial charge in [0.2, 0.25) is 5.90 Å². The Kier molecular flexibility index (Phi) is 4.52. The summed E-state index contributed by atoms with van der Waals surface area (Å²) in [6.45, 7) is 5.52. The third-order valence-electron chi connectivity index (χ3n) is 1.96. The van der Waals surface area contributed by atoms with E-state index in [1.807, 2.05) is 0 Å². The lowest BCUT2D eigenvalue weighted by Gasteiger charge is -2.19. The van der Waals surface area contributed by atoms with Crippen molar-refractivity contribution in [1.29, 1.82) is 0 Å². The molecule has 0 spiro atoms. The highest BCUT2D eigenvalue weighted by Crippen LogP contribution is 2.08. The summed E-state index contributed by atoms with van der Waals surface area (Å²) in [5.74, 6) is -0.168. The Morgan fingerprint density at radius 3 is 2.72 bits per heavy atom. The number of rotatable bonds is 3. The zero-order valence-corrected chi connectivity index (χ0v) is 11.0. The van der Waals surface area contributed by atoms with Gasteiger partial charge in [-0.2, -0.15) is 0 Å². The van der Waals surface area contributed by atoms with Crippen molar-refractivity contribution in [2.75, 3.05) is 20.3 Å². The number of carbonyl (C=O) groups excluding carboxylic acids is 2. The number of carbonyl (C=O) groups is 2. The van der Waals surface area contributed by atoms with Gasteiger partial charge in [0.15, 0.2) is 6.04 Å². The number of nitrogens with one attached hydrogen (secondary N) is 1. The van der Waals surface area contributed by atoms with Crippen molar-refractivity contribution in [1.82, 2.24) is 5.32 Å². The van der Waals surface area contributed by atoms with Crippen LogP contribution in [0, 0.1) is 0 Å². The Hall–Kier alpha value is -1.79. The molecule has 1 rings (SSSR count). The van der Waals surface area contributed by atoms with Crippen LogP contribution in [-0.4, -0.2) is 49.9 Å². The molecule has 0 bridgehead atoms. The summed E-state index contributed by atoms with van der Waals surface area (Å²) in [6.07, 6.45) is -0.560. The van der Waals surface area contributed by atoms with Crippen LogP contribution in [0.5, 0.6) is 0 Å². The highest BCUT2D eigenvalue weighted by molar-refractivity contribution is 5.88. The second kappa shape index (κ2) is 5.70. The molecular formula is C11H18N2O5. The molecule has 7 nitrogen and oxygen atoms in total. The quantitative estimate of drug-likeness (QED) is 0.744. The van der Waals surface area contributed by atoms with Gasteiger partial charge in [0.05, 0.1) is 13.7 Å². The van der Waals surface area contributed by atoms with Gasteiger partial charge < -0.3 is 19.5 Å². The maximum Gasteiger partial charge on any atom is 0.408 e. The number of hydrogen-bond donors (Lipinski definition) is 1. The van der Waals surface area contributed by atoms with Crippen molar-refractivity contribution < 1.29 is 23.8 Å². The molecule has 0 saturated carbocycles. The molecule has 1 atom stereocenters. The molecule has 0 aromatic heterocycles. The number of amides is 1. The van der Waals surface area contributed by atoms with Crippen molar-refractivity contribution in [3.63, 3.8) is 0 Å². The molecule has 0 fully saturated rings. The van der Waals surface area contributed by atoms with Crippen LogP contribution >= 0.6 is 0 Å². The molecule has 0 aromatic rings. The van der Waals surface area contributed by atoms with Crippen molar-refractivity contribution in [3.8, 4) is 0 Å². The van der Waals surface area contributed by atoms with Crippen molar-refractivity contribution in [2.45, 2.75) is 32.4 Å². The molecule has 1 heterocycles.